The molecule has 0 unspecified atom stereocenters. The first-order chi connectivity index (χ1) is 8.84. The number of amides is 1. The molecule has 0 bridgehead atoms. The first-order valence-corrected chi connectivity index (χ1v) is 7.02. The zero-order valence-corrected chi connectivity index (χ0v) is 12.5. The summed E-state index contributed by atoms with van der Waals surface area (Å²) in [5.41, 5.74) is 0.525. The summed E-state index contributed by atoms with van der Waals surface area (Å²) < 4.78 is 1.80. The second kappa shape index (κ2) is 4.94. The van der Waals surface area contributed by atoms with Gasteiger partial charge in [-0.1, -0.05) is 0 Å². The number of nitrogens with zero attached hydrogens (tertiary/aromatic N) is 2. The fourth-order valence-corrected chi connectivity index (χ4v) is 3.05. The van der Waals surface area contributed by atoms with E-state index < -0.39 is 5.54 Å². The van der Waals surface area contributed by atoms with Crippen LogP contribution >= 0.6 is 11.3 Å². The summed E-state index contributed by atoms with van der Waals surface area (Å²) in [4.78, 5) is 13.9. The topological polar surface area (TPSA) is 67.2 Å². The Bertz CT molecular complexity index is 578. The summed E-state index contributed by atoms with van der Waals surface area (Å²) in [6.45, 7) is 5.80. The first-order valence-electron chi connectivity index (χ1n) is 6.20. The molecule has 1 amide bonds. The lowest BCUT2D eigenvalue weighted by molar-refractivity contribution is 0.0904. The van der Waals surface area contributed by atoms with Crippen LogP contribution in [0.3, 0.4) is 0 Å². The molecule has 0 saturated heterocycles. The van der Waals surface area contributed by atoms with E-state index >= 15 is 0 Å². The molecule has 5 nitrogen and oxygen atoms in total. The Kier molecular flexibility index (Phi) is 3.64. The predicted molar refractivity (Wildman–Crippen MR) is 76.6 cm³/mol. The maximum Gasteiger partial charge on any atom is 0.261 e. The van der Waals surface area contributed by atoms with E-state index in [9.17, 15) is 4.79 Å². The number of rotatable bonds is 4. The number of fused-ring (bicyclic) bond motifs is 1. The average molecular weight is 281 g/mol. The minimum absolute atomic E-state index is 0.0583. The highest BCUT2D eigenvalue weighted by molar-refractivity contribution is 7.20. The summed E-state index contributed by atoms with van der Waals surface area (Å²) in [5.74, 6) is -0.0981. The van der Waals surface area contributed by atoms with Crippen molar-refractivity contribution >= 4 is 27.5 Å². The number of aliphatic hydroxyl groups excluding tert-OH is 1. The van der Waals surface area contributed by atoms with Crippen molar-refractivity contribution in [3.63, 3.8) is 0 Å². The van der Waals surface area contributed by atoms with Gasteiger partial charge in [-0.3, -0.25) is 9.48 Å². The number of carbonyl (C=O) groups is 1. The van der Waals surface area contributed by atoms with Crippen molar-refractivity contribution in [2.24, 2.45) is 7.05 Å². The van der Waals surface area contributed by atoms with Crippen LogP contribution in [-0.2, 0) is 7.05 Å². The molecule has 0 atom stereocenters. The first kappa shape index (κ1) is 14.0. The molecule has 0 radical (unpaired) electrons. The van der Waals surface area contributed by atoms with E-state index in [0.29, 0.717) is 11.3 Å². The second-order valence-electron chi connectivity index (χ2n) is 5.35. The van der Waals surface area contributed by atoms with Crippen LogP contribution in [0.15, 0.2) is 6.07 Å². The number of aliphatic hydroxyl groups is 1. The van der Waals surface area contributed by atoms with Gasteiger partial charge in [0.2, 0.25) is 0 Å². The van der Waals surface area contributed by atoms with Gasteiger partial charge < -0.3 is 10.4 Å². The molecule has 19 heavy (non-hydrogen) atoms. The maximum absolute atomic E-state index is 12.2. The molecule has 2 aromatic rings. The van der Waals surface area contributed by atoms with E-state index in [2.05, 4.69) is 10.4 Å². The van der Waals surface area contributed by atoms with E-state index in [1.165, 1.54) is 11.3 Å². The molecule has 2 aromatic heterocycles. The van der Waals surface area contributed by atoms with E-state index in [-0.39, 0.29) is 12.5 Å². The van der Waals surface area contributed by atoms with Crippen LogP contribution in [-0.4, -0.2) is 32.9 Å². The summed E-state index contributed by atoms with van der Waals surface area (Å²) in [6, 6.07) is 1.88. The van der Waals surface area contributed by atoms with Crippen molar-refractivity contribution in [3.8, 4) is 0 Å². The molecular formula is C13H19N3O2S. The van der Waals surface area contributed by atoms with Gasteiger partial charge in [0.05, 0.1) is 10.6 Å². The Balaban J connectivity index is 2.25. The van der Waals surface area contributed by atoms with Crippen LogP contribution in [0, 0.1) is 6.92 Å². The van der Waals surface area contributed by atoms with E-state index in [0.717, 1.165) is 15.9 Å². The lowest BCUT2D eigenvalue weighted by Gasteiger charge is -2.24. The summed E-state index contributed by atoms with van der Waals surface area (Å²) >= 11 is 1.44. The van der Waals surface area contributed by atoms with Gasteiger partial charge in [0.25, 0.3) is 5.91 Å². The highest BCUT2D eigenvalue weighted by Gasteiger charge is 2.22. The van der Waals surface area contributed by atoms with Crippen LogP contribution in [0.4, 0.5) is 0 Å². The number of aryl methyl sites for hydroxylation is 2. The Labute approximate surface area is 116 Å². The number of hydrogen-bond donors (Lipinski definition) is 2. The molecule has 2 rings (SSSR count). The van der Waals surface area contributed by atoms with Gasteiger partial charge in [-0.05, 0) is 33.3 Å². The van der Waals surface area contributed by atoms with Crippen LogP contribution in [0.25, 0.3) is 10.2 Å². The SMILES string of the molecule is Cc1nn(C)c2sc(C(=O)NC(C)(C)CCO)cc12. The fraction of sp³-hybridized carbons (Fsp3) is 0.538. The second-order valence-corrected chi connectivity index (χ2v) is 6.38. The third-order valence-corrected chi connectivity index (χ3v) is 4.31. The molecule has 104 valence electrons. The van der Waals surface area contributed by atoms with Crippen LogP contribution in [0.1, 0.15) is 35.6 Å². The zero-order chi connectivity index (χ0) is 14.2. The Morgan fingerprint density at radius 1 is 1.58 bits per heavy atom. The number of nitrogens with one attached hydrogen (secondary N) is 1. The van der Waals surface area contributed by atoms with Gasteiger partial charge in [-0.15, -0.1) is 11.3 Å². The van der Waals surface area contributed by atoms with Gasteiger partial charge in [0, 0.05) is 24.6 Å². The van der Waals surface area contributed by atoms with Gasteiger partial charge in [-0.25, -0.2) is 0 Å². The van der Waals surface area contributed by atoms with E-state index in [1.807, 2.05) is 33.9 Å². The van der Waals surface area contributed by atoms with Crippen LogP contribution < -0.4 is 5.32 Å². The van der Waals surface area contributed by atoms with Crippen LogP contribution in [0.2, 0.25) is 0 Å². The molecule has 0 spiro atoms. The standard InChI is InChI=1S/C13H19N3O2S/c1-8-9-7-10(19-12(9)16(4)15-8)11(18)14-13(2,3)5-6-17/h7,17H,5-6H2,1-4H3,(H,14,18). The van der Waals surface area contributed by atoms with E-state index in [1.54, 1.807) is 4.68 Å². The minimum Gasteiger partial charge on any atom is -0.396 e. The normalized spacial score (nSPS) is 12.1. The summed E-state index contributed by atoms with van der Waals surface area (Å²) in [7, 11) is 1.88. The summed E-state index contributed by atoms with van der Waals surface area (Å²) in [6.07, 6.45) is 0.532. The molecular weight excluding hydrogens is 262 g/mol. The molecule has 0 saturated carbocycles. The number of thiophene rings is 1. The van der Waals surface area contributed by atoms with Gasteiger partial charge in [0.1, 0.15) is 4.83 Å². The molecule has 2 N–H and O–H groups in total. The molecule has 0 aliphatic rings. The molecule has 6 heteroatoms. The quantitative estimate of drug-likeness (QED) is 0.898. The Hall–Kier alpha value is -1.40. The smallest absolute Gasteiger partial charge is 0.261 e. The molecule has 0 aliphatic carbocycles. The van der Waals surface area contributed by atoms with Crippen molar-refractivity contribution < 1.29 is 9.90 Å². The fourth-order valence-electron chi connectivity index (χ4n) is 2.03. The highest BCUT2D eigenvalue weighted by Crippen LogP contribution is 2.28. The third-order valence-electron chi connectivity index (χ3n) is 3.11. The number of carbonyl (C=O) groups excluding carboxylic acids is 1. The summed E-state index contributed by atoms with van der Waals surface area (Å²) in [5, 5.41) is 17.3. The highest BCUT2D eigenvalue weighted by atomic mass is 32.1. The van der Waals surface area contributed by atoms with Crippen LogP contribution in [0.5, 0.6) is 0 Å². The van der Waals surface area contributed by atoms with Gasteiger partial charge in [-0.2, -0.15) is 5.10 Å². The third kappa shape index (κ3) is 2.79. The molecule has 0 aliphatic heterocycles. The maximum atomic E-state index is 12.2. The lowest BCUT2D eigenvalue weighted by atomic mass is 10.0. The largest absolute Gasteiger partial charge is 0.396 e. The van der Waals surface area contributed by atoms with Gasteiger partial charge in [0.15, 0.2) is 0 Å². The monoisotopic (exact) mass is 281 g/mol. The molecule has 0 aromatic carbocycles. The Morgan fingerprint density at radius 3 is 2.84 bits per heavy atom. The van der Waals surface area contributed by atoms with Crippen molar-refractivity contribution in [2.45, 2.75) is 32.7 Å². The van der Waals surface area contributed by atoms with Crippen molar-refractivity contribution in [1.29, 1.82) is 0 Å². The zero-order valence-electron chi connectivity index (χ0n) is 11.6. The minimum atomic E-state index is -0.407. The lowest BCUT2D eigenvalue weighted by Crippen LogP contribution is -2.43. The van der Waals surface area contributed by atoms with Crippen molar-refractivity contribution in [3.05, 3.63) is 16.6 Å². The Morgan fingerprint density at radius 2 is 2.26 bits per heavy atom. The average Bonchev–Trinajstić information content (AvgIpc) is 2.81. The number of hydrogen-bond acceptors (Lipinski definition) is 4. The number of aromatic nitrogens is 2. The molecule has 0 fully saturated rings. The molecule has 2 heterocycles. The van der Waals surface area contributed by atoms with E-state index in [4.69, 9.17) is 5.11 Å². The van der Waals surface area contributed by atoms with Crippen molar-refractivity contribution in [1.82, 2.24) is 15.1 Å². The van der Waals surface area contributed by atoms with Gasteiger partial charge >= 0.3 is 0 Å². The van der Waals surface area contributed by atoms with Crippen molar-refractivity contribution in [2.75, 3.05) is 6.61 Å². The predicted octanol–water partition coefficient (Wildman–Crippen LogP) is 1.83.